The molecule has 126 valence electrons. The third-order valence-corrected chi connectivity index (χ3v) is 4.68. The van der Waals surface area contributed by atoms with Gasteiger partial charge in [-0.1, -0.05) is 6.07 Å². The number of hydrogen-bond acceptors (Lipinski definition) is 4. The molecule has 24 heavy (non-hydrogen) atoms. The van der Waals surface area contributed by atoms with E-state index in [1.54, 1.807) is 41.5 Å². The van der Waals surface area contributed by atoms with Gasteiger partial charge in [0.15, 0.2) is 0 Å². The summed E-state index contributed by atoms with van der Waals surface area (Å²) in [6.07, 6.45) is 1.42. The van der Waals surface area contributed by atoms with Gasteiger partial charge in [-0.15, -0.1) is 11.3 Å². The largest absolute Gasteiger partial charge is 0.494 e. The van der Waals surface area contributed by atoms with Gasteiger partial charge in [-0.25, -0.2) is 4.79 Å². The second-order valence-corrected chi connectivity index (χ2v) is 6.45. The predicted molar refractivity (Wildman–Crippen MR) is 94.8 cm³/mol. The number of amides is 3. The highest BCUT2D eigenvalue weighted by Crippen LogP contribution is 2.33. The van der Waals surface area contributed by atoms with Gasteiger partial charge >= 0.3 is 6.03 Å². The molecule has 3 amide bonds. The minimum atomic E-state index is -0.282. The number of benzene rings is 1. The lowest BCUT2D eigenvalue weighted by molar-refractivity contribution is -0.117. The third kappa shape index (κ3) is 3.68. The summed E-state index contributed by atoms with van der Waals surface area (Å²) in [4.78, 5) is 26.7. The SMILES string of the molecule is COc1cc(NC(=O)NCc2cccs2)ccc1N1CCCC1=O. The third-order valence-electron chi connectivity index (χ3n) is 3.81. The Hall–Kier alpha value is -2.54. The van der Waals surface area contributed by atoms with Gasteiger partial charge in [0.1, 0.15) is 5.75 Å². The molecule has 0 bridgehead atoms. The van der Waals surface area contributed by atoms with Crippen LogP contribution in [-0.2, 0) is 11.3 Å². The number of rotatable bonds is 5. The van der Waals surface area contributed by atoms with E-state index >= 15 is 0 Å². The smallest absolute Gasteiger partial charge is 0.319 e. The molecule has 3 rings (SSSR count). The van der Waals surface area contributed by atoms with Gasteiger partial charge in [-0.05, 0) is 30.0 Å². The molecule has 0 unspecified atom stereocenters. The van der Waals surface area contributed by atoms with Crippen LogP contribution >= 0.6 is 11.3 Å². The highest BCUT2D eigenvalue weighted by atomic mass is 32.1. The minimum Gasteiger partial charge on any atom is -0.494 e. The first kappa shape index (κ1) is 16.3. The van der Waals surface area contributed by atoms with E-state index in [0.29, 0.717) is 30.9 Å². The first-order valence-corrected chi connectivity index (χ1v) is 8.61. The minimum absolute atomic E-state index is 0.0997. The molecule has 0 aliphatic carbocycles. The van der Waals surface area contributed by atoms with Crippen molar-refractivity contribution in [3.63, 3.8) is 0 Å². The number of thiophene rings is 1. The summed E-state index contributed by atoms with van der Waals surface area (Å²) in [5, 5.41) is 7.55. The monoisotopic (exact) mass is 345 g/mol. The molecule has 2 N–H and O–H groups in total. The van der Waals surface area contributed by atoms with Crippen LogP contribution in [0.15, 0.2) is 35.7 Å². The van der Waals surface area contributed by atoms with Crippen LogP contribution in [-0.4, -0.2) is 25.6 Å². The Morgan fingerprint density at radius 1 is 1.38 bits per heavy atom. The van der Waals surface area contributed by atoms with Crippen LogP contribution in [0.4, 0.5) is 16.2 Å². The van der Waals surface area contributed by atoms with E-state index in [9.17, 15) is 9.59 Å². The zero-order chi connectivity index (χ0) is 16.9. The van der Waals surface area contributed by atoms with Crippen molar-refractivity contribution in [2.45, 2.75) is 19.4 Å². The lowest BCUT2D eigenvalue weighted by Crippen LogP contribution is -2.28. The van der Waals surface area contributed by atoms with Crippen molar-refractivity contribution >= 4 is 34.6 Å². The average Bonchev–Trinajstić information content (AvgIpc) is 3.24. The molecule has 1 aromatic carbocycles. The number of methoxy groups -OCH3 is 1. The van der Waals surface area contributed by atoms with E-state index in [1.807, 2.05) is 17.5 Å². The molecule has 0 saturated carbocycles. The maximum atomic E-state index is 12.0. The number of urea groups is 1. The molecule has 0 radical (unpaired) electrons. The van der Waals surface area contributed by atoms with Gasteiger partial charge in [0.05, 0.1) is 19.3 Å². The topological polar surface area (TPSA) is 70.7 Å². The molecule has 2 heterocycles. The molecule has 1 fully saturated rings. The zero-order valence-electron chi connectivity index (χ0n) is 13.4. The molecule has 6 nitrogen and oxygen atoms in total. The van der Waals surface area contributed by atoms with Crippen LogP contribution in [0.3, 0.4) is 0 Å². The van der Waals surface area contributed by atoms with Gasteiger partial charge in [0.2, 0.25) is 5.91 Å². The molecule has 0 spiro atoms. The number of anilines is 2. The number of carbonyl (C=O) groups is 2. The molecule has 1 aromatic heterocycles. The second-order valence-electron chi connectivity index (χ2n) is 5.42. The Morgan fingerprint density at radius 2 is 2.25 bits per heavy atom. The molecular formula is C17H19N3O3S. The van der Waals surface area contributed by atoms with Crippen molar-refractivity contribution in [2.75, 3.05) is 23.9 Å². The summed E-state index contributed by atoms with van der Waals surface area (Å²) < 4.78 is 5.38. The van der Waals surface area contributed by atoms with Gasteiger partial charge < -0.3 is 20.3 Å². The van der Waals surface area contributed by atoms with Crippen molar-refractivity contribution < 1.29 is 14.3 Å². The van der Waals surface area contributed by atoms with Crippen LogP contribution in [0, 0.1) is 0 Å². The fraction of sp³-hybridized carbons (Fsp3) is 0.294. The maximum absolute atomic E-state index is 12.0. The van der Waals surface area contributed by atoms with E-state index in [1.165, 1.54) is 0 Å². The lowest BCUT2D eigenvalue weighted by Gasteiger charge is -2.19. The lowest BCUT2D eigenvalue weighted by atomic mass is 10.2. The maximum Gasteiger partial charge on any atom is 0.319 e. The predicted octanol–water partition coefficient (Wildman–Crippen LogP) is 3.21. The molecule has 7 heteroatoms. The molecule has 1 aliphatic rings. The van der Waals surface area contributed by atoms with Crippen molar-refractivity contribution in [1.82, 2.24) is 5.32 Å². The number of nitrogens with one attached hydrogen (secondary N) is 2. The van der Waals surface area contributed by atoms with Crippen LogP contribution in [0.5, 0.6) is 5.75 Å². The number of ether oxygens (including phenoxy) is 1. The van der Waals surface area contributed by atoms with Crippen LogP contribution < -0.4 is 20.3 Å². The first-order valence-electron chi connectivity index (χ1n) is 7.73. The van der Waals surface area contributed by atoms with Crippen LogP contribution in [0.25, 0.3) is 0 Å². The fourth-order valence-electron chi connectivity index (χ4n) is 2.64. The zero-order valence-corrected chi connectivity index (χ0v) is 14.2. The van der Waals surface area contributed by atoms with E-state index in [2.05, 4.69) is 10.6 Å². The van der Waals surface area contributed by atoms with Crippen molar-refractivity contribution in [3.05, 3.63) is 40.6 Å². The van der Waals surface area contributed by atoms with E-state index in [0.717, 1.165) is 17.0 Å². The molecule has 1 saturated heterocycles. The number of carbonyl (C=O) groups excluding carboxylic acids is 2. The standard InChI is InChI=1S/C17H19N3O3S/c1-23-15-10-12(6-7-14(15)20-8-2-5-16(20)21)19-17(22)18-11-13-4-3-9-24-13/h3-4,6-7,9-10H,2,5,8,11H2,1H3,(H2,18,19,22). The average molecular weight is 345 g/mol. The van der Waals surface area contributed by atoms with Gasteiger partial charge in [0, 0.05) is 29.6 Å². The van der Waals surface area contributed by atoms with Gasteiger partial charge in [0.25, 0.3) is 0 Å². The number of hydrogen-bond donors (Lipinski definition) is 2. The quantitative estimate of drug-likeness (QED) is 0.874. The van der Waals surface area contributed by atoms with Crippen molar-refractivity contribution in [2.24, 2.45) is 0 Å². The summed E-state index contributed by atoms with van der Waals surface area (Å²) in [6.45, 7) is 1.18. The second kappa shape index (κ2) is 7.35. The number of nitrogens with zero attached hydrogens (tertiary/aromatic N) is 1. The van der Waals surface area contributed by atoms with E-state index < -0.39 is 0 Å². The molecule has 2 aromatic rings. The Bertz CT molecular complexity index is 731. The Morgan fingerprint density at radius 3 is 2.92 bits per heavy atom. The normalized spacial score (nSPS) is 13.9. The van der Waals surface area contributed by atoms with Gasteiger partial charge in [-0.2, -0.15) is 0 Å². The first-order chi connectivity index (χ1) is 11.7. The van der Waals surface area contributed by atoms with Crippen LogP contribution in [0.2, 0.25) is 0 Å². The van der Waals surface area contributed by atoms with E-state index in [-0.39, 0.29) is 11.9 Å². The van der Waals surface area contributed by atoms with Crippen molar-refractivity contribution in [3.8, 4) is 5.75 Å². The highest BCUT2D eigenvalue weighted by Gasteiger charge is 2.24. The van der Waals surface area contributed by atoms with Crippen molar-refractivity contribution in [1.29, 1.82) is 0 Å². The summed E-state index contributed by atoms with van der Waals surface area (Å²) in [5.74, 6) is 0.670. The summed E-state index contributed by atoms with van der Waals surface area (Å²) in [7, 11) is 1.56. The fourth-order valence-corrected chi connectivity index (χ4v) is 3.28. The van der Waals surface area contributed by atoms with E-state index in [4.69, 9.17) is 4.74 Å². The summed E-state index contributed by atoms with van der Waals surface area (Å²) in [6, 6.07) is 8.94. The van der Waals surface area contributed by atoms with Crippen LogP contribution in [0.1, 0.15) is 17.7 Å². The molecular weight excluding hydrogens is 326 g/mol. The Balaban J connectivity index is 1.65. The Kier molecular flexibility index (Phi) is 5.00. The highest BCUT2D eigenvalue weighted by molar-refractivity contribution is 7.09. The summed E-state index contributed by atoms with van der Waals surface area (Å²) in [5.41, 5.74) is 1.36. The molecule has 1 aliphatic heterocycles. The van der Waals surface area contributed by atoms with Gasteiger partial charge in [-0.3, -0.25) is 4.79 Å². The Labute approximate surface area is 144 Å². The summed E-state index contributed by atoms with van der Waals surface area (Å²) >= 11 is 1.59. The molecule has 0 atom stereocenters.